The highest BCUT2D eigenvalue weighted by atomic mass is 32.2. The van der Waals surface area contributed by atoms with Crippen LogP contribution in [0.2, 0.25) is 0 Å². The van der Waals surface area contributed by atoms with Gasteiger partial charge in [0.1, 0.15) is 11.5 Å². The van der Waals surface area contributed by atoms with Gasteiger partial charge in [-0.3, -0.25) is 0 Å². The van der Waals surface area contributed by atoms with E-state index in [9.17, 15) is 13.2 Å². The molecule has 0 bridgehead atoms. The Bertz CT molecular complexity index is 1570. The van der Waals surface area contributed by atoms with Gasteiger partial charge in [0, 0.05) is 6.54 Å². The monoisotopic (exact) mass is 685 g/mol. The number of methoxy groups -OCH3 is 3. The van der Waals surface area contributed by atoms with Crippen LogP contribution < -0.4 is 29.0 Å². The second kappa shape index (κ2) is 17.8. The summed E-state index contributed by atoms with van der Waals surface area (Å²) < 4.78 is 67.7. The number of nitrogens with one attached hydrogen (secondary N) is 1. The first-order valence-corrected chi connectivity index (χ1v) is 18.0. The first kappa shape index (κ1) is 36.7. The molecule has 1 fully saturated rings. The molecule has 0 aliphatic carbocycles. The Kier molecular flexibility index (Phi) is 13.6. The third kappa shape index (κ3) is 9.47. The van der Waals surface area contributed by atoms with E-state index in [0.717, 1.165) is 11.1 Å². The molecule has 12 heteroatoms. The van der Waals surface area contributed by atoms with Gasteiger partial charge in [0.15, 0.2) is 32.8 Å². The Hall–Kier alpha value is -4.16. The van der Waals surface area contributed by atoms with Crippen molar-refractivity contribution in [1.29, 1.82) is 0 Å². The van der Waals surface area contributed by atoms with Gasteiger partial charge in [0.2, 0.25) is 5.75 Å². The number of hydrogen-bond acceptors (Lipinski definition) is 10. The lowest BCUT2D eigenvalue weighted by Crippen LogP contribution is -2.26. The number of amides is 1. The van der Waals surface area contributed by atoms with Gasteiger partial charge in [-0.05, 0) is 73.1 Å². The fourth-order valence-electron chi connectivity index (χ4n) is 5.48. The minimum absolute atomic E-state index is 0.0347. The van der Waals surface area contributed by atoms with Crippen LogP contribution >= 0.6 is 0 Å². The molecule has 4 rings (SSSR count). The largest absolute Gasteiger partial charge is 0.493 e. The van der Waals surface area contributed by atoms with Crippen molar-refractivity contribution in [3.05, 3.63) is 71.3 Å². The van der Waals surface area contributed by atoms with Crippen LogP contribution in [0.3, 0.4) is 0 Å². The fraction of sp³-hybridized carbons (Fsp3) is 0.472. The van der Waals surface area contributed by atoms with Crippen LogP contribution in [0, 0.1) is 0 Å². The van der Waals surface area contributed by atoms with E-state index in [0.29, 0.717) is 73.8 Å². The van der Waals surface area contributed by atoms with Gasteiger partial charge in [-0.15, -0.1) is 0 Å². The Morgan fingerprint density at radius 1 is 0.812 bits per heavy atom. The van der Waals surface area contributed by atoms with Crippen LogP contribution in [0.1, 0.15) is 74.8 Å². The zero-order chi connectivity index (χ0) is 34.5. The second-order valence-corrected chi connectivity index (χ2v) is 13.4. The summed E-state index contributed by atoms with van der Waals surface area (Å²) in [6.45, 7) is 4.78. The molecule has 0 aromatic heterocycles. The number of alkyl carbamates (subject to hydrolysis) is 1. The zero-order valence-electron chi connectivity index (χ0n) is 28.4. The van der Waals surface area contributed by atoms with E-state index in [1.807, 2.05) is 56.3 Å². The van der Waals surface area contributed by atoms with Crippen molar-refractivity contribution in [2.24, 2.45) is 0 Å². The highest BCUT2D eigenvalue weighted by molar-refractivity contribution is 7.91. The number of hydrogen-bond donors (Lipinski definition) is 1. The molecule has 2 unspecified atom stereocenters. The lowest BCUT2D eigenvalue weighted by Gasteiger charge is -2.21. The number of carbonyl (C=O) groups excluding carboxylic acids is 1. The van der Waals surface area contributed by atoms with Crippen molar-refractivity contribution in [2.75, 3.05) is 46.8 Å². The van der Waals surface area contributed by atoms with E-state index in [1.54, 1.807) is 33.5 Å². The van der Waals surface area contributed by atoms with Crippen LogP contribution in [0.15, 0.2) is 59.5 Å². The predicted octanol–water partition coefficient (Wildman–Crippen LogP) is 6.97. The Labute approximate surface area is 283 Å². The summed E-state index contributed by atoms with van der Waals surface area (Å²) in [5.74, 6) is 2.03. The average Bonchev–Trinajstić information content (AvgIpc) is 3.60. The molecule has 262 valence electrons. The summed E-state index contributed by atoms with van der Waals surface area (Å²) in [5, 5.41) is 2.73. The SMILES string of the molecule is CCCOc1c(OCCCNC(=O)OCc2ccccc2)cc(C2CCC(c3cc(OC)c(OC)c(OC)c3)O2)cc1S(=O)(=O)CCC. The smallest absolute Gasteiger partial charge is 0.407 e. The van der Waals surface area contributed by atoms with Crippen LogP contribution in [0.25, 0.3) is 0 Å². The van der Waals surface area contributed by atoms with Crippen LogP contribution in [-0.4, -0.2) is 61.4 Å². The molecule has 0 spiro atoms. The third-order valence-electron chi connectivity index (χ3n) is 7.81. The van der Waals surface area contributed by atoms with E-state index >= 15 is 0 Å². The standard InChI is InChI=1S/C36H47NO10S/c1-6-17-45-35-32(44-18-11-16-37-36(38)46-24-25-12-9-8-10-13-25)22-27(23-33(35)48(39,40)19-7-2)29-15-14-28(47-29)26-20-30(41-3)34(43-5)31(21-26)42-4/h8-10,12-13,20-23,28-29H,6-7,11,14-19,24H2,1-5H3,(H,37,38). The summed E-state index contributed by atoms with van der Waals surface area (Å²) in [5.41, 5.74) is 2.44. The molecule has 11 nitrogen and oxygen atoms in total. The molecule has 1 saturated heterocycles. The molecule has 1 aliphatic heterocycles. The molecule has 1 amide bonds. The van der Waals surface area contributed by atoms with Gasteiger partial charge in [0.05, 0.1) is 52.5 Å². The molecule has 48 heavy (non-hydrogen) atoms. The van der Waals surface area contributed by atoms with E-state index in [1.165, 1.54) is 0 Å². The van der Waals surface area contributed by atoms with Crippen LogP contribution in [0.4, 0.5) is 4.79 Å². The second-order valence-electron chi connectivity index (χ2n) is 11.4. The minimum atomic E-state index is -3.69. The Morgan fingerprint density at radius 2 is 1.46 bits per heavy atom. The molecule has 1 N–H and O–H groups in total. The van der Waals surface area contributed by atoms with Gasteiger partial charge in [-0.25, -0.2) is 13.2 Å². The van der Waals surface area contributed by atoms with Crippen molar-refractivity contribution in [3.63, 3.8) is 0 Å². The maximum absolute atomic E-state index is 13.6. The zero-order valence-corrected chi connectivity index (χ0v) is 29.2. The van der Waals surface area contributed by atoms with Crippen LogP contribution in [0.5, 0.6) is 28.7 Å². The molecule has 0 saturated carbocycles. The van der Waals surface area contributed by atoms with E-state index in [-0.39, 0.29) is 35.7 Å². The lowest BCUT2D eigenvalue weighted by atomic mass is 10.0. The fourth-order valence-corrected chi connectivity index (χ4v) is 6.99. The van der Waals surface area contributed by atoms with Crippen LogP contribution in [-0.2, 0) is 25.9 Å². The lowest BCUT2D eigenvalue weighted by molar-refractivity contribution is 0.0434. The van der Waals surface area contributed by atoms with E-state index in [2.05, 4.69) is 5.32 Å². The summed E-state index contributed by atoms with van der Waals surface area (Å²) in [4.78, 5) is 12.3. The van der Waals surface area contributed by atoms with Gasteiger partial charge in [-0.2, -0.15) is 0 Å². The average molecular weight is 686 g/mol. The summed E-state index contributed by atoms with van der Waals surface area (Å²) in [7, 11) is 0.988. The first-order valence-electron chi connectivity index (χ1n) is 16.3. The summed E-state index contributed by atoms with van der Waals surface area (Å²) >= 11 is 0. The first-order chi connectivity index (χ1) is 23.2. The number of benzene rings is 3. The minimum Gasteiger partial charge on any atom is -0.493 e. The Morgan fingerprint density at radius 3 is 2.06 bits per heavy atom. The van der Waals surface area contributed by atoms with E-state index < -0.39 is 22.0 Å². The van der Waals surface area contributed by atoms with Crippen molar-refractivity contribution in [1.82, 2.24) is 5.32 Å². The van der Waals surface area contributed by atoms with Gasteiger partial charge in [-0.1, -0.05) is 44.2 Å². The predicted molar refractivity (Wildman–Crippen MR) is 181 cm³/mol. The number of carbonyl (C=O) groups is 1. The molecular formula is C36H47NO10S. The maximum atomic E-state index is 13.6. The van der Waals surface area contributed by atoms with E-state index in [4.69, 9.17) is 33.2 Å². The van der Waals surface area contributed by atoms with Crippen molar-refractivity contribution < 1.29 is 46.4 Å². The van der Waals surface area contributed by atoms with Gasteiger partial charge in [0.25, 0.3) is 0 Å². The molecule has 3 aromatic carbocycles. The topological polar surface area (TPSA) is 128 Å². The number of sulfone groups is 1. The van der Waals surface area contributed by atoms with Gasteiger partial charge >= 0.3 is 6.09 Å². The Balaban J connectivity index is 1.52. The van der Waals surface area contributed by atoms with Crippen molar-refractivity contribution in [3.8, 4) is 28.7 Å². The third-order valence-corrected chi connectivity index (χ3v) is 9.73. The highest BCUT2D eigenvalue weighted by Crippen LogP contribution is 2.48. The van der Waals surface area contributed by atoms with Gasteiger partial charge < -0.3 is 38.5 Å². The normalized spacial score (nSPS) is 15.9. The highest BCUT2D eigenvalue weighted by Gasteiger charge is 2.33. The summed E-state index contributed by atoms with van der Waals surface area (Å²) in [6.07, 6.45) is 1.73. The summed E-state index contributed by atoms with van der Waals surface area (Å²) in [6, 6.07) is 16.6. The molecule has 3 aromatic rings. The molecule has 1 aliphatic rings. The number of ether oxygens (including phenoxy) is 7. The van der Waals surface area contributed by atoms with Crippen molar-refractivity contribution >= 4 is 15.9 Å². The maximum Gasteiger partial charge on any atom is 0.407 e. The quantitative estimate of drug-likeness (QED) is 0.140. The molecule has 0 radical (unpaired) electrons. The molecular weight excluding hydrogens is 638 g/mol. The number of rotatable bonds is 18. The molecule has 2 atom stereocenters. The molecule has 1 heterocycles. The van der Waals surface area contributed by atoms with Crippen molar-refractivity contribution in [2.45, 2.75) is 69.7 Å².